The minimum absolute atomic E-state index is 0.763. The van der Waals surface area contributed by atoms with Crippen molar-refractivity contribution in [1.82, 2.24) is 14.8 Å². The number of anilines is 1. The fourth-order valence-electron chi connectivity index (χ4n) is 1.67. The van der Waals surface area contributed by atoms with Gasteiger partial charge in [0.25, 0.3) is 0 Å². The van der Waals surface area contributed by atoms with Gasteiger partial charge in [0.1, 0.15) is 5.01 Å². The molecule has 0 saturated carbocycles. The molecular formula is C13H12N4S. The lowest BCUT2D eigenvalue weighted by atomic mass is 10.3. The van der Waals surface area contributed by atoms with Crippen molar-refractivity contribution in [2.24, 2.45) is 0 Å². The molecule has 4 nitrogen and oxygen atoms in total. The van der Waals surface area contributed by atoms with Gasteiger partial charge < -0.3 is 5.32 Å². The van der Waals surface area contributed by atoms with E-state index in [1.807, 2.05) is 52.8 Å². The molecule has 0 fully saturated rings. The summed E-state index contributed by atoms with van der Waals surface area (Å²) in [5.74, 6) is 0. The van der Waals surface area contributed by atoms with Gasteiger partial charge in [0.2, 0.25) is 0 Å². The summed E-state index contributed by atoms with van der Waals surface area (Å²) in [5.41, 5.74) is 2.14. The maximum atomic E-state index is 4.23. The Bertz CT molecular complexity index is 584. The molecule has 5 heteroatoms. The van der Waals surface area contributed by atoms with Gasteiger partial charge in [-0.3, -0.25) is 0 Å². The predicted octanol–water partition coefficient (Wildman–Crippen LogP) is 2.94. The van der Waals surface area contributed by atoms with Gasteiger partial charge in [-0.25, -0.2) is 9.67 Å². The zero-order valence-corrected chi connectivity index (χ0v) is 10.5. The van der Waals surface area contributed by atoms with Crippen LogP contribution in [0, 0.1) is 0 Å². The number of benzene rings is 1. The van der Waals surface area contributed by atoms with E-state index in [9.17, 15) is 0 Å². The summed E-state index contributed by atoms with van der Waals surface area (Å²) < 4.78 is 1.84. The molecule has 0 radical (unpaired) electrons. The van der Waals surface area contributed by atoms with Gasteiger partial charge in [0.15, 0.2) is 0 Å². The Labute approximate surface area is 109 Å². The lowest BCUT2D eigenvalue weighted by molar-refractivity contribution is 0.880. The summed E-state index contributed by atoms with van der Waals surface area (Å²) in [6, 6.07) is 10.1. The first-order valence-electron chi connectivity index (χ1n) is 5.64. The summed E-state index contributed by atoms with van der Waals surface area (Å²) in [4.78, 5) is 4.23. The molecule has 0 spiro atoms. The van der Waals surface area contributed by atoms with E-state index in [4.69, 9.17) is 0 Å². The van der Waals surface area contributed by atoms with Crippen molar-refractivity contribution >= 4 is 17.0 Å². The average Bonchev–Trinajstić information content (AvgIpc) is 3.10. The maximum absolute atomic E-state index is 4.23. The second-order valence-corrected chi connectivity index (χ2v) is 4.76. The Morgan fingerprint density at radius 1 is 1.17 bits per heavy atom. The number of hydrogen-bond acceptors (Lipinski definition) is 4. The highest BCUT2D eigenvalue weighted by Gasteiger charge is 1.98. The predicted molar refractivity (Wildman–Crippen MR) is 73.0 cm³/mol. The number of rotatable bonds is 4. The van der Waals surface area contributed by atoms with Crippen LogP contribution in [0.5, 0.6) is 0 Å². The highest BCUT2D eigenvalue weighted by Crippen LogP contribution is 2.14. The molecule has 3 rings (SSSR count). The quantitative estimate of drug-likeness (QED) is 0.780. The average molecular weight is 256 g/mol. The molecule has 3 aromatic rings. The second kappa shape index (κ2) is 5.01. The second-order valence-electron chi connectivity index (χ2n) is 3.78. The summed E-state index contributed by atoms with van der Waals surface area (Å²) in [7, 11) is 0. The third kappa shape index (κ3) is 2.41. The van der Waals surface area contributed by atoms with Crippen LogP contribution in [0.2, 0.25) is 0 Å². The minimum atomic E-state index is 0.763. The van der Waals surface area contributed by atoms with E-state index in [1.54, 1.807) is 17.5 Å². The van der Waals surface area contributed by atoms with Crippen LogP contribution in [0.25, 0.3) is 5.69 Å². The van der Waals surface area contributed by atoms with Gasteiger partial charge in [0.05, 0.1) is 12.2 Å². The SMILES string of the molecule is c1cnn(-c2ccc(NCc3nccs3)cc2)c1. The molecular weight excluding hydrogens is 244 g/mol. The van der Waals surface area contributed by atoms with E-state index in [0.29, 0.717) is 0 Å². The van der Waals surface area contributed by atoms with Gasteiger partial charge in [-0.1, -0.05) is 0 Å². The zero-order chi connectivity index (χ0) is 12.2. The molecule has 18 heavy (non-hydrogen) atoms. The van der Waals surface area contributed by atoms with Crippen molar-refractivity contribution in [3.05, 3.63) is 59.3 Å². The number of nitrogens with zero attached hydrogens (tertiary/aromatic N) is 3. The van der Waals surface area contributed by atoms with Gasteiger partial charge in [-0.2, -0.15) is 5.10 Å². The molecule has 2 aromatic heterocycles. The monoisotopic (exact) mass is 256 g/mol. The molecule has 90 valence electrons. The molecule has 0 aliphatic carbocycles. The topological polar surface area (TPSA) is 42.7 Å². The van der Waals surface area contributed by atoms with Crippen LogP contribution in [0.3, 0.4) is 0 Å². The normalized spacial score (nSPS) is 10.4. The van der Waals surface area contributed by atoms with Crippen LogP contribution in [-0.4, -0.2) is 14.8 Å². The van der Waals surface area contributed by atoms with Gasteiger partial charge in [0, 0.05) is 29.7 Å². The largest absolute Gasteiger partial charge is 0.379 e. The van der Waals surface area contributed by atoms with Crippen LogP contribution in [0.15, 0.2) is 54.3 Å². The van der Waals surface area contributed by atoms with Crippen molar-refractivity contribution in [1.29, 1.82) is 0 Å². The Hall–Kier alpha value is -2.14. The first-order valence-corrected chi connectivity index (χ1v) is 6.52. The molecule has 2 heterocycles. The van der Waals surface area contributed by atoms with Crippen molar-refractivity contribution in [2.75, 3.05) is 5.32 Å². The third-order valence-electron chi connectivity index (χ3n) is 2.56. The molecule has 0 aliphatic heterocycles. The van der Waals surface area contributed by atoms with Crippen LogP contribution >= 0.6 is 11.3 Å². The van der Waals surface area contributed by atoms with E-state index in [0.717, 1.165) is 22.9 Å². The Balaban J connectivity index is 1.68. The molecule has 0 aliphatic rings. The summed E-state index contributed by atoms with van der Waals surface area (Å²) in [6.07, 6.45) is 5.52. The van der Waals surface area contributed by atoms with Crippen molar-refractivity contribution < 1.29 is 0 Å². The van der Waals surface area contributed by atoms with E-state index in [2.05, 4.69) is 15.4 Å². The molecule has 0 saturated heterocycles. The minimum Gasteiger partial charge on any atom is -0.379 e. The molecule has 0 atom stereocenters. The van der Waals surface area contributed by atoms with E-state index in [1.165, 1.54) is 0 Å². The lowest BCUT2D eigenvalue weighted by Gasteiger charge is -2.06. The third-order valence-corrected chi connectivity index (χ3v) is 3.34. The highest BCUT2D eigenvalue weighted by molar-refractivity contribution is 7.09. The van der Waals surface area contributed by atoms with Crippen LogP contribution in [0.1, 0.15) is 5.01 Å². The van der Waals surface area contributed by atoms with Crippen LogP contribution in [0.4, 0.5) is 5.69 Å². The van der Waals surface area contributed by atoms with Crippen molar-refractivity contribution in [3.63, 3.8) is 0 Å². The Morgan fingerprint density at radius 3 is 2.72 bits per heavy atom. The smallest absolute Gasteiger partial charge is 0.112 e. The number of hydrogen-bond donors (Lipinski definition) is 1. The first kappa shape index (κ1) is 11.0. The fourth-order valence-corrected chi connectivity index (χ4v) is 2.23. The van der Waals surface area contributed by atoms with Crippen LogP contribution in [-0.2, 0) is 6.54 Å². The van der Waals surface area contributed by atoms with Crippen LogP contribution < -0.4 is 5.32 Å². The molecule has 0 bridgehead atoms. The van der Waals surface area contributed by atoms with Crippen molar-refractivity contribution in [2.45, 2.75) is 6.54 Å². The maximum Gasteiger partial charge on any atom is 0.112 e. The fraction of sp³-hybridized carbons (Fsp3) is 0.0769. The molecule has 1 aromatic carbocycles. The number of aromatic nitrogens is 3. The van der Waals surface area contributed by atoms with Gasteiger partial charge >= 0.3 is 0 Å². The molecule has 1 N–H and O–H groups in total. The number of thiazole rings is 1. The Kier molecular flexibility index (Phi) is 3.06. The van der Waals surface area contributed by atoms with Gasteiger partial charge in [-0.15, -0.1) is 11.3 Å². The lowest BCUT2D eigenvalue weighted by Crippen LogP contribution is -1.99. The first-order chi connectivity index (χ1) is 8.92. The summed E-state index contributed by atoms with van der Waals surface area (Å²) in [6.45, 7) is 0.763. The van der Waals surface area contributed by atoms with E-state index >= 15 is 0 Å². The molecule has 0 unspecified atom stereocenters. The highest BCUT2D eigenvalue weighted by atomic mass is 32.1. The standard InChI is InChI=1S/C13H12N4S/c1-6-16-17(8-1)12-4-2-11(3-5-12)15-10-13-14-7-9-18-13/h1-9,15H,10H2. The van der Waals surface area contributed by atoms with E-state index in [-0.39, 0.29) is 0 Å². The Morgan fingerprint density at radius 2 is 2.06 bits per heavy atom. The summed E-state index contributed by atoms with van der Waals surface area (Å²) in [5, 5.41) is 10.6. The van der Waals surface area contributed by atoms with Crippen molar-refractivity contribution in [3.8, 4) is 5.69 Å². The molecule has 0 amide bonds. The zero-order valence-electron chi connectivity index (χ0n) is 9.65. The number of nitrogens with one attached hydrogen (secondary N) is 1. The van der Waals surface area contributed by atoms with E-state index < -0.39 is 0 Å². The van der Waals surface area contributed by atoms with Gasteiger partial charge in [-0.05, 0) is 30.3 Å². The summed E-state index contributed by atoms with van der Waals surface area (Å²) >= 11 is 1.66.